The van der Waals surface area contributed by atoms with Gasteiger partial charge >= 0.3 is 11.9 Å². The summed E-state index contributed by atoms with van der Waals surface area (Å²) in [6.07, 6.45) is 0.680. The topological polar surface area (TPSA) is 55.8 Å². The molecule has 1 aromatic carbocycles. The molecule has 0 radical (unpaired) electrons. The highest BCUT2D eigenvalue weighted by Crippen LogP contribution is 2.30. The Morgan fingerprint density at radius 1 is 1.39 bits per heavy atom. The van der Waals surface area contributed by atoms with Gasteiger partial charge in [0.15, 0.2) is 0 Å². The zero-order chi connectivity index (χ0) is 13.0. The van der Waals surface area contributed by atoms with Crippen molar-refractivity contribution in [1.29, 1.82) is 0 Å². The summed E-state index contributed by atoms with van der Waals surface area (Å²) < 4.78 is 10.3. The van der Waals surface area contributed by atoms with E-state index in [0.29, 0.717) is 31.0 Å². The molecule has 0 saturated carbocycles. The van der Waals surface area contributed by atoms with Crippen LogP contribution in [0.15, 0.2) is 24.3 Å². The lowest BCUT2D eigenvalue weighted by Gasteiger charge is -2.20. The van der Waals surface area contributed by atoms with Crippen LogP contribution in [-0.2, 0) is 14.3 Å². The van der Waals surface area contributed by atoms with E-state index in [0.717, 1.165) is 0 Å². The van der Waals surface area contributed by atoms with E-state index < -0.39 is 11.9 Å². The first-order valence-electron chi connectivity index (χ1n) is 5.94. The molecule has 5 nitrogen and oxygen atoms in total. The summed E-state index contributed by atoms with van der Waals surface area (Å²) in [4.78, 5) is 24.9. The normalized spacial score (nSPS) is 14.2. The van der Waals surface area contributed by atoms with Gasteiger partial charge in [0.05, 0.1) is 18.9 Å². The van der Waals surface area contributed by atoms with E-state index in [-0.39, 0.29) is 6.61 Å². The maximum Gasteiger partial charge on any atom is 0.397 e. The van der Waals surface area contributed by atoms with Crippen LogP contribution in [0.3, 0.4) is 0 Å². The van der Waals surface area contributed by atoms with E-state index >= 15 is 0 Å². The summed E-state index contributed by atoms with van der Waals surface area (Å²) in [7, 11) is 0. The Kier molecular flexibility index (Phi) is 3.82. The lowest BCUT2D eigenvalue weighted by molar-refractivity contribution is -0.153. The van der Waals surface area contributed by atoms with Crippen LogP contribution in [0.4, 0.5) is 5.69 Å². The minimum atomic E-state index is -0.825. The minimum Gasteiger partial charge on any atom is -0.491 e. The third-order valence-corrected chi connectivity index (χ3v) is 2.63. The monoisotopic (exact) mass is 249 g/mol. The molecule has 1 aliphatic heterocycles. The van der Waals surface area contributed by atoms with Crippen molar-refractivity contribution in [2.24, 2.45) is 0 Å². The molecular formula is C13H15NO4. The molecule has 0 bridgehead atoms. The number of carbonyl (C=O) groups is 2. The second-order valence-corrected chi connectivity index (χ2v) is 3.85. The van der Waals surface area contributed by atoms with Gasteiger partial charge in [0, 0.05) is 6.54 Å². The van der Waals surface area contributed by atoms with Crippen molar-refractivity contribution in [3.8, 4) is 5.75 Å². The number of ether oxygens (including phenoxy) is 2. The summed E-state index contributed by atoms with van der Waals surface area (Å²) in [5.41, 5.74) is 0.619. The molecule has 0 unspecified atom stereocenters. The number of esters is 1. The Hall–Kier alpha value is -2.04. The Bertz CT molecular complexity index is 458. The van der Waals surface area contributed by atoms with Crippen molar-refractivity contribution in [1.82, 2.24) is 0 Å². The zero-order valence-corrected chi connectivity index (χ0v) is 10.2. The Morgan fingerprint density at radius 2 is 2.17 bits per heavy atom. The second kappa shape index (κ2) is 5.53. The third kappa shape index (κ3) is 2.45. The summed E-state index contributed by atoms with van der Waals surface area (Å²) in [6, 6.07) is 7.18. The fourth-order valence-corrected chi connectivity index (χ4v) is 1.84. The average molecular weight is 249 g/mol. The second-order valence-electron chi connectivity index (χ2n) is 3.85. The molecule has 0 aliphatic carbocycles. The summed E-state index contributed by atoms with van der Waals surface area (Å²) in [6.45, 7) is 2.85. The van der Waals surface area contributed by atoms with Gasteiger partial charge in [0.25, 0.3) is 0 Å². The number of fused-ring (bicyclic) bond motifs is 1. The highest BCUT2D eigenvalue weighted by atomic mass is 16.5. The fourth-order valence-electron chi connectivity index (χ4n) is 1.84. The summed E-state index contributed by atoms with van der Waals surface area (Å²) in [5.74, 6) is -0.850. The van der Waals surface area contributed by atoms with Gasteiger partial charge < -0.3 is 9.47 Å². The highest BCUT2D eigenvalue weighted by molar-refractivity contribution is 6.38. The van der Waals surface area contributed by atoms with Crippen molar-refractivity contribution >= 4 is 17.6 Å². The first-order valence-corrected chi connectivity index (χ1v) is 5.94. The number of carbonyl (C=O) groups excluding carboxylic acids is 2. The molecular weight excluding hydrogens is 234 g/mol. The molecule has 1 heterocycles. The van der Waals surface area contributed by atoms with Gasteiger partial charge in [-0.25, -0.2) is 4.79 Å². The van der Waals surface area contributed by atoms with Gasteiger partial charge in [0.1, 0.15) is 5.75 Å². The van der Waals surface area contributed by atoms with Gasteiger partial charge in [-0.1, -0.05) is 12.1 Å². The smallest absolute Gasteiger partial charge is 0.397 e. The molecule has 0 aromatic heterocycles. The number of hydrogen-bond donors (Lipinski definition) is 0. The van der Waals surface area contributed by atoms with Gasteiger partial charge in [-0.3, -0.25) is 9.69 Å². The molecule has 0 N–H and O–H groups in total. The highest BCUT2D eigenvalue weighted by Gasteiger charge is 2.27. The Labute approximate surface area is 105 Å². The number of anilines is 1. The summed E-state index contributed by atoms with van der Waals surface area (Å²) >= 11 is 0. The Morgan fingerprint density at radius 3 is 2.94 bits per heavy atom. The van der Waals surface area contributed by atoms with E-state index in [4.69, 9.17) is 9.47 Å². The Balaban J connectivity index is 2.27. The SMILES string of the molecule is CCOC(=O)C(=O)N1CCCOc2ccccc21. The van der Waals surface area contributed by atoms with Crippen molar-refractivity contribution < 1.29 is 19.1 Å². The van der Waals surface area contributed by atoms with Crippen molar-refractivity contribution in [2.75, 3.05) is 24.7 Å². The van der Waals surface area contributed by atoms with E-state index in [2.05, 4.69) is 0 Å². The molecule has 0 atom stereocenters. The lowest BCUT2D eigenvalue weighted by Crippen LogP contribution is -2.38. The molecule has 0 fully saturated rings. The number of rotatable bonds is 1. The van der Waals surface area contributed by atoms with Crippen LogP contribution in [0, 0.1) is 0 Å². The lowest BCUT2D eigenvalue weighted by atomic mass is 10.2. The molecule has 1 amide bonds. The van der Waals surface area contributed by atoms with E-state index in [1.54, 1.807) is 25.1 Å². The molecule has 1 aromatic rings. The molecule has 2 rings (SSSR count). The molecule has 96 valence electrons. The average Bonchev–Trinajstić information content (AvgIpc) is 2.60. The van der Waals surface area contributed by atoms with Crippen molar-refractivity contribution in [3.05, 3.63) is 24.3 Å². The first-order chi connectivity index (χ1) is 8.74. The number of amides is 1. The number of para-hydroxylation sites is 2. The van der Waals surface area contributed by atoms with E-state index in [1.807, 2.05) is 6.07 Å². The summed E-state index contributed by atoms with van der Waals surface area (Å²) in [5, 5.41) is 0. The van der Waals surface area contributed by atoms with Crippen LogP contribution in [0.25, 0.3) is 0 Å². The minimum absolute atomic E-state index is 0.191. The van der Waals surface area contributed by atoms with Gasteiger partial charge in [-0.2, -0.15) is 0 Å². The molecule has 0 saturated heterocycles. The molecule has 0 spiro atoms. The predicted molar refractivity (Wildman–Crippen MR) is 65.5 cm³/mol. The van der Waals surface area contributed by atoms with E-state index in [9.17, 15) is 9.59 Å². The van der Waals surface area contributed by atoms with Crippen molar-refractivity contribution in [3.63, 3.8) is 0 Å². The van der Waals surface area contributed by atoms with Gasteiger partial charge in [-0.15, -0.1) is 0 Å². The third-order valence-electron chi connectivity index (χ3n) is 2.63. The van der Waals surface area contributed by atoms with Gasteiger partial charge in [-0.05, 0) is 25.5 Å². The van der Waals surface area contributed by atoms with Crippen molar-refractivity contribution in [2.45, 2.75) is 13.3 Å². The number of nitrogens with zero attached hydrogens (tertiary/aromatic N) is 1. The van der Waals surface area contributed by atoms with Crippen LogP contribution in [0.5, 0.6) is 5.75 Å². The molecule has 18 heavy (non-hydrogen) atoms. The largest absolute Gasteiger partial charge is 0.491 e. The van der Waals surface area contributed by atoms with Crippen LogP contribution >= 0.6 is 0 Å². The standard InChI is InChI=1S/C13H15NO4/c1-2-17-13(16)12(15)14-8-5-9-18-11-7-4-3-6-10(11)14/h3-4,6-7H,2,5,8-9H2,1H3. The maximum atomic E-state index is 12.0. The van der Waals surface area contributed by atoms with E-state index in [1.165, 1.54) is 4.90 Å². The van der Waals surface area contributed by atoms with Crippen LogP contribution < -0.4 is 9.64 Å². The van der Waals surface area contributed by atoms with Gasteiger partial charge in [0.2, 0.25) is 0 Å². The molecule has 1 aliphatic rings. The van der Waals surface area contributed by atoms with Crippen LogP contribution in [0.2, 0.25) is 0 Å². The maximum absolute atomic E-state index is 12.0. The van der Waals surface area contributed by atoms with Crippen LogP contribution in [-0.4, -0.2) is 31.6 Å². The molecule has 5 heteroatoms. The number of hydrogen-bond acceptors (Lipinski definition) is 4. The zero-order valence-electron chi connectivity index (χ0n) is 10.2. The first kappa shape index (κ1) is 12.4. The predicted octanol–water partition coefficient (Wildman–Crippen LogP) is 1.37. The quantitative estimate of drug-likeness (QED) is 0.557. The fraction of sp³-hybridized carbons (Fsp3) is 0.385. The number of benzene rings is 1. The van der Waals surface area contributed by atoms with Crippen LogP contribution in [0.1, 0.15) is 13.3 Å².